The predicted octanol–water partition coefficient (Wildman–Crippen LogP) is 7.50. The average molecular weight is 538 g/mol. The van der Waals surface area contributed by atoms with Gasteiger partial charge in [0.15, 0.2) is 0 Å². The molecule has 1 aliphatic carbocycles. The standard InChI is InChI=1S/C25H23ClF3N3O3S/c1-35-22(33)24(11-3-2-4-12-24)21-30-14-20(36-21)15-5-8-17(9-6-15)31-23(34)32-19-10-7-16(13-18(19)26)25(27,28)29/h5-10,13-14H,2-4,11-12H2,1H3,(H2,31,32,34). The van der Waals surface area contributed by atoms with Crippen LogP contribution in [0, 0.1) is 0 Å². The molecule has 1 saturated carbocycles. The summed E-state index contributed by atoms with van der Waals surface area (Å²) < 4.78 is 43.5. The number of esters is 1. The molecular weight excluding hydrogens is 515 g/mol. The molecule has 0 aliphatic heterocycles. The van der Waals surface area contributed by atoms with Crippen LogP contribution in [0.3, 0.4) is 0 Å². The summed E-state index contributed by atoms with van der Waals surface area (Å²) in [6.07, 6.45) is 1.63. The fourth-order valence-electron chi connectivity index (χ4n) is 4.28. The Morgan fingerprint density at radius 2 is 1.75 bits per heavy atom. The van der Waals surface area contributed by atoms with E-state index in [9.17, 15) is 22.8 Å². The van der Waals surface area contributed by atoms with Gasteiger partial charge in [-0.2, -0.15) is 13.2 Å². The largest absolute Gasteiger partial charge is 0.468 e. The highest BCUT2D eigenvalue weighted by Crippen LogP contribution is 2.43. The molecule has 0 spiro atoms. The Morgan fingerprint density at radius 3 is 2.36 bits per heavy atom. The van der Waals surface area contributed by atoms with E-state index >= 15 is 0 Å². The van der Waals surface area contributed by atoms with Crippen LogP contribution in [0.2, 0.25) is 5.02 Å². The number of carbonyl (C=O) groups excluding carboxylic acids is 2. The summed E-state index contributed by atoms with van der Waals surface area (Å²) in [6.45, 7) is 0. The van der Waals surface area contributed by atoms with Crippen LogP contribution in [0.5, 0.6) is 0 Å². The van der Waals surface area contributed by atoms with Crippen molar-refractivity contribution in [2.75, 3.05) is 17.7 Å². The maximum absolute atomic E-state index is 12.8. The average Bonchev–Trinajstić information content (AvgIpc) is 3.36. The molecule has 1 fully saturated rings. The summed E-state index contributed by atoms with van der Waals surface area (Å²) in [7, 11) is 1.40. The molecule has 0 saturated heterocycles. The molecule has 0 atom stereocenters. The number of ether oxygens (including phenoxy) is 1. The molecule has 0 radical (unpaired) electrons. The quantitative estimate of drug-likeness (QED) is 0.330. The van der Waals surface area contributed by atoms with Crippen molar-refractivity contribution in [3.05, 3.63) is 64.3 Å². The molecule has 1 aliphatic rings. The third kappa shape index (κ3) is 5.49. The van der Waals surface area contributed by atoms with E-state index in [4.69, 9.17) is 16.3 Å². The maximum Gasteiger partial charge on any atom is 0.416 e. The Hall–Kier alpha value is -3.11. The van der Waals surface area contributed by atoms with Crippen molar-refractivity contribution in [2.24, 2.45) is 0 Å². The Bertz CT molecular complexity index is 1260. The monoisotopic (exact) mass is 537 g/mol. The van der Waals surface area contributed by atoms with E-state index in [1.807, 2.05) is 12.1 Å². The minimum Gasteiger partial charge on any atom is -0.468 e. The van der Waals surface area contributed by atoms with Crippen molar-refractivity contribution in [2.45, 2.75) is 43.7 Å². The van der Waals surface area contributed by atoms with Crippen molar-refractivity contribution in [1.82, 2.24) is 4.98 Å². The van der Waals surface area contributed by atoms with E-state index in [1.165, 1.54) is 18.4 Å². The number of carbonyl (C=O) groups is 2. The number of nitrogens with one attached hydrogen (secondary N) is 2. The second-order valence-electron chi connectivity index (χ2n) is 8.51. The molecule has 190 valence electrons. The lowest BCUT2D eigenvalue weighted by Gasteiger charge is -2.32. The number of amides is 2. The van der Waals surface area contributed by atoms with Crippen LogP contribution in [0.15, 0.2) is 48.7 Å². The smallest absolute Gasteiger partial charge is 0.416 e. The lowest BCUT2D eigenvalue weighted by molar-refractivity contribution is -0.149. The Balaban J connectivity index is 1.43. The van der Waals surface area contributed by atoms with Crippen molar-refractivity contribution < 1.29 is 27.5 Å². The number of aromatic nitrogens is 1. The van der Waals surface area contributed by atoms with E-state index in [-0.39, 0.29) is 16.7 Å². The minimum absolute atomic E-state index is 0.0539. The molecule has 11 heteroatoms. The molecule has 1 aromatic heterocycles. The number of rotatable bonds is 5. The minimum atomic E-state index is -4.53. The third-order valence-electron chi connectivity index (χ3n) is 6.17. The lowest BCUT2D eigenvalue weighted by atomic mass is 9.74. The van der Waals surface area contributed by atoms with Crippen LogP contribution in [0.1, 0.15) is 42.7 Å². The van der Waals surface area contributed by atoms with Gasteiger partial charge in [0.1, 0.15) is 10.4 Å². The molecule has 4 rings (SSSR count). The van der Waals surface area contributed by atoms with Crippen LogP contribution in [0.25, 0.3) is 10.4 Å². The number of methoxy groups -OCH3 is 1. The molecular formula is C25H23ClF3N3O3S. The topological polar surface area (TPSA) is 80.3 Å². The molecule has 6 nitrogen and oxygen atoms in total. The van der Waals surface area contributed by atoms with Crippen molar-refractivity contribution >= 4 is 46.3 Å². The second-order valence-corrected chi connectivity index (χ2v) is 9.95. The highest BCUT2D eigenvalue weighted by molar-refractivity contribution is 7.15. The summed E-state index contributed by atoms with van der Waals surface area (Å²) in [4.78, 5) is 30.4. The van der Waals surface area contributed by atoms with Gasteiger partial charge in [0.25, 0.3) is 0 Å². The van der Waals surface area contributed by atoms with Gasteiger partial charge >= 0.3 is 18.2 Å². The molecule has 2 amide bonds. The normalized spacial score (nSPS) is 15.2. The van der Waals surface area contributed by atoms with Gasteiger partial charge in [-0.25, -0.2) is 9.78 Å². The Morgan fingerprint density at radius 1 is 1.06 bits per heavy atom. The first-order valence-corrected chi connectivity index (χ1v) is 12.4. The first-order chi connectivity index (χ1) is 17.1. The number of benzene rings is 2. The number of nitrogens with zero attached hydrogens (tertiary/aromatic N) is 1. The summed E-state index contributed by atoms with van der Waals surface area (Å²) >= 11 is 7.35. The van der Waals surface area contributed by atoms with Gasteiger partial charge in [0.05, 0.1) is 28.3 Å². The SMILES string of the molecule is COC(=O)C1(c2ncc(-c3ccc(NC(=O)Nc4ccc(C(F)(F)F)cc4Cl)cc3)s2)CCCCC1. The summed E-state index contributed by atoms with van der Waals surface area (Å²) in [5.41, 5.74) is -0.206. The van der Waals surface area contributed by atoms with Gasteiger partial charge in [-0.1, -0.05) is 43.0 Å². The van der Waals surface area contributed by atoms with Crippen LogP contribution in [-0.4, -0.2) is 24.1 Å². The highest BCUT2D eigenvalue weighted by atomic mass is 35.5. The number of halogens is 4. The molecule has 1 heterocycles. The summed E-state index contributed by atoms with van der Waals surface area (Å²) in [6, 6.07) is 9.06. The van der Waals surface area contributed by atoms with Gasteiger partial charge in [0.2, 0.25) is 0 Å². The van der Waals surface area contributed by atoms with Gasteiger partial charge < -0.3 is 15.4 Å². The zero-order valence-electron chi connectivity index (χ0n) is 19.2. The first kappa shape index (κ1) is 26.0. The van der Waals surface area contributed by atoms with Gasteiger partial charge in [0, 0.05) is 11.9 Å². The van der Waals surface area contributed by atoms with Gasteiger partial charge in [-0.15, -0.1) is 11.3 Å². The Labute approximate surface area is 214 Å². The van der Waals surface area contributed by atoms with E-state index < -0.39 is 23.2 Å². The van der Waals surface area contributed by atoms with E-state index in [0.717, 1.165) is 52.9 Å². The number of anilines is 2. The van der Waals surface area contributed by atoms with Gasteiger partial charge in [-0.3, -0.25) is 4.79 Å². The van der Waals surface area contributed by atoms with Crippen molar-refractivity contribution in [3.63, 3.8) is 0 Å². The van der Waals surface area contributed by atoms with Crippen LogP contribution >= 0.6 is 22.9 Å². The predicted molar refractivity (Wildman–Crippen MR) is 133 cm³/mol. The first-order valence-electron chi connectivity index (χ1n) is 11.2. The zero-order chi connectivity index (χ0) is 25.9. The molecule has 3 aromatic rings. The summed E-state index contributed by atoms with van der Waals surface area (Å²) in [5, 5.41) is 5.59. The Kier molecular flexibility index (Phi) is 7.56. The lowest BCUT2D eigenvalue weighted by Crippen LogP contribution is -2.38. The number of hydrogen-bond acceptors (Lipinski definition) is 5. The van der Waals surface area contributed by atoms with Crippen LogP contribution in [-0.2, 0) is 21.1 Å². The highest BCUT2D eigenvalue weighted by Gasteiger charge is 2.44. The number of hydrogen-bond donors (Lipinski definition) is 2. The molecule has 2 aromatic carbocycles. The van der Waals surface area contributed by atoms with E-state index in [1.54, 1.807) is 18.3 Å². The zero-order valence-corrected chi connectivity index (χ0v) is 20.8. The number of thiazole rings is 1. The van der Waals surface area contributed by atoms with E-state index in [2.05, 4.69) is 15.6 Å². The fourth-order valence-corrected chi connectivity index (χ4v) is 5.66. The molecule has 0 bridgehead atoms. The third-order valence-corrected chi connectivity index (χ3v) is 7.73. The molecule has 36 heavy (non-hydrogen) atoms. The fraction of sp³-hybridized carbons (Fsp3) is 0.320. The molecule has 0 unspecified atom stereocenters. The van der Waals surface area contributed by atoms with Gasteiger partial charge in [-0.05, 0) is 48.7 Å². The summed E-state index contributed by atoms with van der Waals surface area (Å²) in [5.74, 6) is -0.248. The van der Waals surface area contributed by atoms with Crippen molar-refractivity contribution in [3.8, 4) is 10.4 Å². The molecule has 2 N–H and O–H groups in total. The second kappa shape index (κ2) is 10.5. The van der Waals surface area contributed by atoms with E-state index in [0.29, 0.717) is 18.5 Å². The maximum atomic E-state index is 12.8. The number of alkyl halides is 3. The van der Waals surface area contributed by atoms with Crippen LogP contribution < -0.4 is 10.6 Å². The van der Waals surface area contributed by atoms with Crippen molar-refractivity contribution in [1.29, 1.82) is 0 Å². The van der Waals surface area contributed by atoms with Crippen LogP contribution in [0.4, 0.5) is 29.3 Å². The number of urea groups is 1.